The van der Waals surface area contributed by atoms with Crippen molar-refractivity contribution in [2.45, 2.75) is 32.5 Å². The summed E-state index contributed by atoms with van der Waals surface area (Å²) in [5, 5.41) is 15.6. The maximum Gasteiger partial charge on any atom is 0.270 e. The van der Waals surface area contributed by atoms with Crippen LogP contribution >= 0.6 is 0 Å². The van der Waals surface area contributed by atoms with Crippen LogP contribution in [0.2, 0.25) is 0 Å². The van der Waals surface area contributed by atoms with Crippen molar-refractivity contribution in [1.82, 2.24) is 29.4 Å². The molecule has 31 heavy (non-hydrogen) atoms. The largest absolute Gasteiger partial charge is 0.392 e. The molecule has 4 heterocycles. The Morgan fingerprint density at radius 3 is 2.84 bits per heavy atom. The average molecular weight is 420 g/mol. The lowest BCUT2D eigenvalue weighted by Crippen LogP contribution is -2.27. The summed E-state index contributed by atoms with van der Waals surface area (Å²) in [4.78, 5) is 33.4. The van der Waals surface area contributed by atoms with Gasteiger partial charge in [0.05, 0.1) is 18.3 Å². The molecular formula is C22H24N6O3. The summed E-state index contributed by atoms with van der Waals surface area (Å²) in [7, 11) is 0. The fraction of sp³-hybridized carbons (Fsp3) is 0.273. The van der Waals surface area contributed by atoms with Gasteiger partial charge in [-0.15, -0.1) is 0 Å². The summed E-state index contributed by atoms with van der Waals surface area (Å²) >= 11 is 0. The number of aliphatic hydroxyl groups is 1. The number of pyridine rings is 2. The Morgan fingerprint density at radius 2 is 2.00 bits per heavy atom. The molecule has 3 N–H and O–H groups in total. The molecule has 0 bridgehead atoms. The Kier molecular flexibility index (Phi) is 6.06. The van der Waals surface area contributed by atoms with Gasteiger partial charge in [-0.05, 0) is 30.2 Å². The normalized spacial score (nSPS) is 12.3. The second-order valence-corrected chi connectivity index (χ2v) is 7.32. The van der Waals surface area contributed by atoms with Crippen LogP contribution in [0.25, 0.3) is 11.3 Å². The van der Waals surface area contributed by atoms with Crippen molar-refractivity contribution < 1.29 is 9.90 Å². The van der Waals surface area contributed by atoms with Crippen LogP contribution in [0.1, 0.15) is 35.1 Å². The van der Waals surface area contributed by atoms with Crippen LogP contribution < -0.4 is 16.2 Å². The van der Waals surface area contributed by atoms with Crippen molar-refractivity contribution in [3.8, 4) is 0 Å². The zero-order chi connectivity index (χ0) is 21.8. The third kappa shape index (κ3) is 4.79. The highest BCUT2D eigenvalue weighted by Gasteiger charge is 2.11. The molecule has 0 aliphatic carbocycles. The van der Waals surface area contributed by atoms with Crippen molar-refractivity contribution >= 4 is 17.2 Å². The first-order valence-corrected chi connectivity index (χ1v) is 10.2. The minimum atomic E-state index is -0.431. The van der Waals surface area contributed by atoms with Crippen molar-refractivity contribution in [2.24, 2.45) is 0 Å². The first-order chi connectivity index (χ1) is 15.0. The number of hydrogen-bond acceptors (Lipinski definition) is 6. The first-order valence-electron chi connectivity index (χ1n) is 10.2. The lowest BCUT2D eigenvalue weighted by molar-refractivity contribution is 0.0945. The minimum absolute atomic E-state index is 0.0718. The molecule has 0 aliphatic heterocycles. The number of aliphatic hydroxyl groups excluding tert-OH is 1. The minimum Gasteiger partial charge on any atom is -0.392 e. The fourth-order valence-electron chi connectivity index (χ4n) is 3.24. The van der Waals surface area contributed by atoms with Crippen LogP contribution in [0.3, 0.4) is 0 Å². The van der Waals surface area contributed by atoms with Gasteiger partial charge in [-0.3, -0.25) is 14.0 Å². The Hall–Kier alpha value is -3.56. The quantitative estimate of drug-likeness (QED) is 0.394. The standard InChI is InChI=1S/C22H24N6O3/c1-2-17(29)12-23-10-15-6-7-19-25-16(14-27(19)13-15)11-24-22(31)18-9-21(30)28-8-4-3-5-20(28)26-18/h3-9,13-14,17,23,29H,2,10-12H2,1H3,(H,24,31). The molecule has 1 amide bonds. The van der Waals surface area contributed by atoms with E-state index in [1.54, 1.807) is 24.4 Å². The van der Waals surface area contributed by atoms with Gasteiger partial charge in [-0.2, -0.15) is 0 Å². The maximum atomic E-state index is 12.5. The Morgan fingerprint density at radius 1 is 1.13 bits per heavy atom. The molecule has 160 valence electrons. The van der Waals surface area contributed by atoms with E-state index in [-0.39, 0.29) is 23.9 Å². The van der Waals surface area contributed by atoms with Gasteiger partial charge in [0, 0.05) is 37.7 Å². The van der Waals surface area contributed by atoms with Crippen LogP contribution in [0.5, 0.6) is 0 Å². The van der Waals surface area contributed by atoms with E-state index in [9.17, 15) is 14.7 Å². The number of fused-ring (bicyclic) bond motifs is 2. The second-order valence-electron chi connectivity index (χ2n) is 7.32. The van der Waals surface area contributed by atoms with E-state index in [0.29, 0.717) is 30.9 Å². The summed E-state index contributed by atoms with van der Waals surface area (Å²) < 4.78 is 3.28. The molecule has 4 aromatic rings. The van der Waals surface area contributed by atoms with Crippen LogP contribution in [-0.4, -0.2) is 42.4 Å². The van der Waals surface area contributed by atoms with E-state index in [1.807, 2.05) is 35.9 Å². The van der Waals surface area contributed by atoms with Crippen molar-refractivity contribution in [3.05, 3.63) is 82.3 Å². The molecular weight excluding hydrogens is 396 g/mol. The number of nitrogens with zero attached hydrogens (tertiary/aromatic N) is 4. The summed E-state index contributed by atoms with van der Waals surface area (Å²) in [5.41, 5.74) is 2.70. The molecule has 0 spiro atoms. The van der Waals surface area contributed by atoms with Crippen molar-refractivity contribution in [2.75, 3.05) is 6.54 Å². The second kappa shape index (κ2) is 9.07. The molecule has 0 fully saturated rings. The molecule has 9 nitrogen and oxygen atoms in total. The van der Waals surface area contributed by atoms with E-state index in [1.165, 1.54) is 10.5 Å². The zero-order valence-corrected chi connectivity index (χ0v) is 17.2. The number of imidazole rings is 1. The zero-order valence-electron chi connectivity index (χ0n) is 17.2. The number of carbonyl (C=O) groups is 1. The molecule has 0 radical (unpaired) electrons. The van der Waals surface area contributed by atoms with Gasteiger partial charge in [0.2, 0.25) is 0 Å². The highest BCUT2D eigenvalue weighted by Crippen LogP contribution is 2.08. The van der Waals surface area contributed by atoms with Gasteiger partial charge in [0.25, 0.3) is 11.5 Å². The van der Waals surface area contributed by atoms with Crippen LogP contribution in [-0.2, 0) is 13.1 Å². The summed E-state index contributed by atoms with van der Waals surface area (Å²) in [6.07, 6.45) is 5.79. The summed E-state index contributed by atoms with van der Waals surface area (Å²) in [6, 6.07) is 10.3. The molecule has 0 saturated carbocycles. The van der Waals surface area contributed by atoms with Gasteiger partial charge in [0.15, 0.2) is 0 Å². The van der Waals surface area contributed by atoms with E-state index in [4.69, 9.17) is 0 Å². The van der Waals surface area contributed by atoms with Crippen molar-refractivity contribution in [1.29, 1.82) is 0 Å². The van der Waals surface area contributed by atoms with Gasteiger partial charge in [0.1, 0.15) is 17.0 Å². The molecule has 1 atom stereocenters. The van der Waals surface area contributed by atoms with Gasteiger partial charge in [-0.1, -0.05) is 19.1 Å². The van der Waals surface area contributed by atoms with Gasteiger partial charge >= 0.3 is 0 Å². The smallest absolute Gasteiger partial charge is 0.270 e. The predicted octanol–water partition coefficient (Wildman–Crippen LogP) is 1.13. The van der Waals surface area contributed by atoms with Crippen LogP contribution in [0.15, 0.2) is 59.8 Å². The average Bonchev–Trinajstić information content (AvgIpc) is 3.19. The molecule has 9 heteroatoms. The number of nitrogens with one attached hydrogen (secondary N) is 2. The topological polar surface area (TPSA) is 113 Å². The SMILES string of the molecule is CCC(O)CNCc1ccc2nc(CNC(=O)c3cc(=O)n4ccccc4n3)cn2c1. The number of aromatic nitrogens is 4. The van der Waals surface area contributed by atoms with Crippen LogP contribution in [0, 0.1) is 0 Å². The van der Waals surface area contributed by atoms with Gasteiger partial charge in [-0.25, -0.2) is 9.97 Å². The monoisotopic (exact) mass is 420 g/mol. The summed E-state index contributed by atoms with van der Waals surface area (Å²) in [6.45, 7) is 3.34. The predicted molar refractivity (Wildman–Crippen MR) is 116 cm³/mol. The Labute approximate surface area is 178 Å². The number of hydrogen-bond donors (Lipinski definition) is 3. The Balaban J connectivity index is 1.42. The highest BCUT2D eigenvalue weighted by atomic mass is 16.3. The Bertz CT molecular complexity index is 1280. The number of amides is 1. The number of carbonyl (C=O) groups excluding carboxylic acids is 1. The molecule has 4 rings (SSSR count). The maximum absolute atomic E-state index is 12.5. The molecule has 0 saturated heterocycles. The lowest BCUT2D eigenvalue weighted by atomic mass is 10.2. The van der Waals surface area contributed by atoms with E-state index in [2.05, 4.69) is 20.6 Å². The van der Waals surface area contributed by atoms with E-state index in [0.717, 1.165) is 11.2 Å². The molecule has 4 aromatic heterocycles. The first kappa shape index (κ1) is 20.7. The van der Waals surface area contributed by atoms with E-state index < -0.39 is 5.91 Å². The molecule has 0 aliphatic rings. The highest BCUT2D eigenvalue weighted by molar-refractivity contribution is 5.92. The molecule has 0 aromatic carbocycles. The van der Waals surface area contributed by atoms with Crippen LogP contribution in [0.4, 0.5) is 0 Å². The third-order valence-corrected chi connectivity index (χ3v) is 4.98. The summed E-state index contributed by atoms with van der Waals surface area (Å²) in [5.74, 6) is -0.431. The fourth-order valence-corrected chi connectivity index (χ4v) is 3.24. The van der Waals surface area contributed by atoms with E-state index >= 15 is 0 Å². The number of rotatable bonds is 8. The third-order valence-electron chi connectivity index (χ3n) is 4.98. The van der Waals surface area contributed by atoms with Crippen molar-refractivity contribution in [3.63, 3.8) is 0 Å². The van der Waals surface area contributed by atoms with Gasteiger partial charge < -0.3 is 20.1 Å². The lowest BCUT2D eigenvalue weighted by Gasteiger charge is -2.09. The molecule has 1 unspecified atom stereocenters.